The van der Waals surface area contributed by atoms with Crippen LogP contribution in [-0.4, -0.2) is 18.7 Å². The molecule has 0 spiro atoms. The Hall–Kier alpha value is -3.36. The molecule has 1 aromatic heterocycles. The molecular weight excluding hydrogens is 356 g/mol. The van der Waals surface area contributed by atoms with Gasteiger partial charge in [-0.05, 0) is 35.2 Å². The summed E-state index contributed by atoms with van der Waals surface area (Å²) in [5.74, 6) is 1.16. The van der Waals surface area contributed by atoms with E-state index in [1.807, 2.05) is 48.6 Å². The van der Waals surface area contributed by atoms with E-state index in [9.17, 15) is 0 Å². The zero-order valence-electron chi connectivity index (χ0n) is 14.7. The first-order valence-electron chi connectivity index (χ1n) is 8.42. The first-order valence-corrected chi connectivity index (χ1v) is 9.24. The van der Waals surface area contributed by atoms with Gasteiger partial charge in [-0.3, -0.25) is 0 Å². The summed E-state index contributed by atoms with van der Waals surface area (Å²) in [5.41, 5.74) is 2.01. The highest BCUT2D eigenvalue weighted by molar-refractivity contribution is 7.19. The van der Waals surface area contributed by atoms with Crippen LogP contribution in [-0.2, 0) is 0 Å². The number of hydrogen-bond acceptors (Lipinski definition) is 5. The van der Waals surface area contributed by atoms with Gasteiger partial charge >= 0.3 is 0 Å². The number of thiazole rings is 1. The van der Waals surface area contributed by atoms with Gasteiger partial charge < -0.3 is 9.47 Å². The predicted molar refractivity (Wildman–Crippen MR) is 110 cm³/mol. The lowest BCUT2D eigenvalue weighted by atomic mass is 10.1. The van der Waals surface area contributed by atoms with Crippen molar-refractivity contribution in [2.24, 2.45) is 0 Å². The van der Waals surface area contributed by atoms with E-state index >= 15 is 0 Å². The lowest BCUT2D eigenvalue weighted by Gasteiger charge is -2.08. The maximum Gasteiger partial charge on any atom is 0.174 e. The predicted octanol–water partition coefficient (Wildman–Crippen LogP) is 5.53. The smallest absolute Gasteiger partial charge is 0.174 e. The van der Waals surface area contributed by atoms with Crippen molar-refractivity contribution in [3.63, 3.8) is 0 Å². The summed E-state index contributed by atoms with van der Waals surface area (Å²) in [5, 5.41) is 12.0. The van der Waals surface area contributed by atoms with Gasteiger partial charge in [0.25, 0.3) is 0 Å². The molecule has 3 aromatic carbocycles. The van der Waals surface area contributed by atoms with Crippen LogP contribution in [0.25, 0.3) is 33.1 Å². The summed E-state index contributed by atoms with van der Waals surface area (Å²) >= 11 is 1.67. The summed E-state index contributed by atoms with van der Waals surface area (Å²) < 4.78 is 11.9. The Bertz CT molecular complexity index is 1190. The summed E-state index contributed by atoms with van der Waals surface area (Å²) in [7, 11) is 1.58. The zero-order chi connectivity index (χ0) is 18.6. The minimum Gasteiger partial charge on any atom is -0.493 e. The average molecular weight is 372 g/mol. The first kappa shape index (κ1) is 17.1. The third kappa shape index (κ3) is 3.48. The van der Waals surface area contributed by atoms with E-state index in [1.54, 1.807) is 18.4 Å². The molecule has 4 aromatic rings. The molecule has 0 radical (unpaired) electrons. The molecule has 132 valence electrons. The Morgan fingerprint density at radius 3 is 2.81 bits per heavy atom. The Kier molecular flexibility index (Phi) is 4.73. The van der Waals surface area contributed by atoms with Crippen LogP contribution in [0.3, 0.4) is 0 Å². The maximum absolute atomic E-state index is 8.65. The van der Waals surface area contributed by atoms with Crippen molar-refractivity contribution in [1.82, 2.24) is 4.98 Å². The molecule has 4 rings (SSSR count). The highest BCUT2D eigenvalue weighted by Crippen LogP contribution is 2.31. The van der Waals surface area contributed by atoms with Gasteiger partial charge in [-0.2, -0.15) is 5.26 Å². The lowest BCUT2D eigenvalue weighted by molar-refractivity contribution is 0.329. The topological polar surface area (TPSA) is 55.1 Å². The van der Waals surface area contributed by atoms with Crippen LogP contribution in [0.1, 0.15) is 10.6 Å². The second kappa shape index (κ2) is 7.48. The fourth-order valence-electron chi connectivity index (χ4n) is 2.93. The van der Waals surface area contributed by atoms with Crippen molar-refractivity contribution in [1.29, 1.82) is 5.26 Å². The van der Waals surface area contributed by atoms with Crippen LogP contribution in [0, 0.1) is 11.3 Å². The van der Waals surface area contributed by atoms with E-state index in [0.29, 0.717) is 11.5 Å². The van der Waals surface area contributed by atoms with Crippen molar-refractivity contribution in [2.75, 3.05) is 13.7 Å². The molecule has 0 bridgehead atoms. The number of ether oxygens (including phenoxy) is 2. The normalized spacial score (nSPS) is 11.1. The molecule has 0 saturated heterocycles. The van der Waals surface area contributed by atoms with E-state index in [-0.39, 0.29) is 6.61 Å². The van der Waals surface area contributed by atoms with Crippen LogP contribution < -0.4 is 9.47 Å². The Morgan fingerprint density at radius 1 is 1.07 bits per heavy atom. The number of fused-ring (bicyclic) bond motifs is 3. The van der Waals surface area contributed by atoms with Gasteiger partial charge in [-0.25, -0.2) is 4.98 Å². The lowest BCUT2D eigenvalue weighted by Crippen LogP contribution is -1.96. The number of nitriles is 1. The third-order valence-electron chi connectivity index (χ3n) is 4.20. The van der Waals surface area contributed by atoms with E-state index in [4.69, 9.17) is 19.7 Å². The molecule has 0 aliphatic carbocycles. The molecule has 4 nitrogen and oxygen atoms in total. The molecule has 0 N–H and O–H groups in total. The van der Waals surface area contributed by atoms with Crippen molar-refractivity contribution < 1.29 is 9.47 Å². The molecule has 0 saturated carbocycles. The van der Waals surface area contributed by atoms with E-state index < -0.39 is 0 Å². The molecule has 0 fully saturated rings. The fraction of sp³-hybridized carbons (Fsp3) is 0.0909. The molecule has 5 heteroatoms. The SMILES string of the molecule is COc1cc(C=Cc2nc3c(ccc4ccccc43)s2)ccc1OCC#N. The van der Waals surface area contributed by atoms with Crippen molar-refractivity contribution in [3.8, 4) is 17.6 Å². The van der Waals surface area contributed by atoms with E-state index in [1.165, 1.54) is 15.5 Å². The van der Waals surface area contributed by atoms with Gasteiger partial charge in [0.15, 0.2) is 18.1 Å². The maximum atomic E-state index is 8.65. The molecular formula is C22H16N2O2S. The van der Waals surface area contributed by atoms with Gasteiger partial charge in [-0.1, -0.05) is 42.5 Å². The molecule has 0 amide bonds. The number of rotatable bonds is 5. The molecule has 0 unspecified atom stereocenters. The largest absolute Gasteiger partial charge is 0.493 e. The number of hydrogen-bond donors (Lipinski definition) is 0. The van der Waals surface area contributed by atoms with Crippen LogP contribution in [0.2, 0.25) is 0 Å². The van der Waals surface area contributed by atoms with Crippen LogP contribution >= 0.6 is 11.3 Å². The van der Waals surface area contributed by atoms with Gasteiger partial charge in [0, 0.05) is 5.39 Å². The molecule has 0 aliphatic rings. The molecule has 27 heavy (non-hydrogen) atoms. The molecule has 0 aliphatic heterocycles. The Labute approximate surface area is 160 Å². The Balaban J connectivity index is 1.64. The Morgan fingerprint density at radius 2 is 1.96 bits per heavy atom. The monoisotopic (exact) mass is 372 g/mol. The minimum absolute atomic E-state index is 0.00872. The molecule has 1 heterocycles. The summed E-state index contributed by atoms with van der Waals surface area (Å²) in [4.78, 5) is 4.80. The highest BCUT2D eigenvalue weighted by atomic mass is 32.1. The van der Waals surface area contributed by atoms with E-state index in [0.717, 1.165) is 16.1 Å². The van der Waals surface area contributed by atoms with Crippen LogP contribution in [0.15, 0.2) is 54.6 Å². The standard InChI is InChI=1S/C22H16N2O2S/c1-25-19-14-15(6-9-18(19)26-13-12-23)7-11-21-24-22-17-5-3-2-4-16(17)8-10-20(22)27-21/h2-11,14H,13H2,1H3. The van der Waals surface area contributed by atoms with Crippen molar-refractivity contribution in [2.45, 2.75) is 0 Å². The number of methoxy groups -OCH3 is 1. The fourth-order valence-corrected chi connectivity index (χ4v) is 3.82. The summed E-state index contributed by atoms with van der Waals surface area (Å²) in [6, 6.07) is 20.1. The average Bonchev–Trinajstić information content (AvgIpc) is 3.14. The second-order valence-corrected chi connectivity index (χ2v) is 6.94. The minimum atomic E-state index is -0.00872. The zero-order valence-corrected chi connectivity index (χ0v) is 15.5. The van der Waals surface area contributed by atoms with Crippen molar-refractivity contribution in [3.05, 3.63) is 65.2 Å². The van der Waals surface area contributed by atoms with Gasteiger partial charge in [0.05, 0.1) is 17.3 Å². The van der Waals surface area contributed by atoms with Crippen LogP contribution in [0.4, 0.5) is 0 Å². The van der Waals surface area contributed by atoms with Gasteiger partial charge in [0.1, 0.15) is 11.1 Å². The molecule has 0 atom stereocenters. The number of benzene rings is 3. The third-order valence-corrected chi connectivity index (χ3v) is 5.18. The van der Waals surface area contributed by atoms with Crippen molar-refractivity contribution >= 4 is 44.5 Å². The van der Waals surface area contributed by atoms with Gasteiger partial charge in [0.2, 0.25) is 0 Å². The van der Waals surface area contributed by atoms with Crippen LogP contribution in [0.5, 0.6) is 11.5 Å². The van der Waals surface area contributed by atoms with E-state index in [2.05, 4.69) is 24.3 Å². The first-order chi connectivity index (χ1) is 13.3. The number of aromatic nitrogens is 1. The second-order valence-electron chi connectivity index (χ2n) is 5.88. The number of nitrogens with zero attached hydrogens (tertiary/aromatic N) is 2. The summed E-state index contributed by atoms with van der Waals surface area (Å²) in [6.45, 7) is -0.00872. The van der Waals surface area contributed by atoms with Gasteiger partial charge in [-0.15, -0.1) is 11.3 Å². The highest BCUT2D eigenvalue weighted by Gasteiger charge is 2.07. The summed E-state index contributed by atoms with van der Waals surface area (Å²) in [6.07, 6.45) is 4.00. The quantitative estimate of drug-likeness (QED) is 0.462.